The van der Waals surface area contributed by atoms with Crippen LogP contribution in [0.2, 0.25) is 0 Å². The van der Waals surface area contributed by atoms with Crippen molar-refractivity contribution in [3.63, 3.8) is 0 Å². The molecule has 0 radical (unpaired) electrons. The maximum atomic E-state index is 12.0. The highest BCUT2D eigenvalue weighted by molar-refractivity contribution is 5.94. The van der Waals surface area contributed by atoms with Crippen molar-refractivity contribution in [3.05, 3.63) is 29.8 Å². The molecule has 0 spiro atoms. The molecule has 1 aromatic carbocycles. The van der Waals surface area contributed by atoms with Crippen molar-refractivity contribution in [1.82, 2.24) is 10.2 Å². The Balaban J connectivity index is 2.48. The molecule has 0 unspecified atom stereocenters. The summed E-state index contributed by atoms with van der Waals surface area (Å²) in [6.07, 6.45) is -4.73. The maximum Gasteiger partial charge on any atom is 0.573 e. The fourth-order valence-corrected chi connectivity index (χ4v) is 1.78. The van der Waals surface area contributed by atoms with Crippen molar-refractivity contribution in [2.24, 2.45) is 0 Å². The second-order valence-corrected chi connectivity index (χ2v) is 4.35. The fraction of sp³-hybridized carbons (Fsp3) is 0.500. The molecule has 0 saturated carbocycles. The Bertz CT molecular complexity index is 443. The Kier molecular flexibility index (Phi) is 6.48. The van der Waals surface area contributed by atoms with E-state index in [1.807, 2.05) is 13.8 Å². The Morgan fingerprint density at radius 1 is 1.19 bits per heavy atom. The lowest BCUT2D eigenvalue weighted by Crippen LogP contribution is -2.34. The van der Waals surface area contributed by atoms with Gasteiger partial charge in [-0.3, -0.25) is 4.79 Å². The minimum absolute atomic E-state index is 0.295. The van der Waals surface area contributed by atoms with Crippen LogP contribution in [0.25, 0.3) is 0 Å². The predicted octanol–water partition coefficient (Wildman–Crippen LogP) is 2.66. The number of nitrogens with one attached hydrogen (secondary N) is 1. The zero-order chi connectivity index (χ0) is 15.9. The van der Waals surface area contributed by atoms with Gasteiger partial charge in [-0.05, 0) is 37.4 Å². The topological polar surface area (TPSA) is 41.6 Å². The van der Waals surface area contributed by atoms with Crippen molar-refractivity contribution < 1.29 is 22.7 Å². The Morgan fingerprint density at radius 2 is 1.76 bits per heavy atom. The highest BCUT2D eigenvalue weighted by atomic mass is 19.4. The SMILES string of the molecule is CCN(CC)CCNC(=O)c1ccc(OC(F)(F)F)cc1. The predicted molar refractivity (Wildman–Crippen MR) is 73.2 cm³/mol. The summed E-state index contributed by atoms with van der Waals surface area (Å²) in [6.45, 7) is 7.08. The van der Waals surface area contributed by atoms with E-state index in [-0.39, 0.29) is 11.7 Å². The maximum absolute atomic E-state index is 12.0. The summed E-state index contributed by atoms with van der Waals surface area (Å²) in [5, 5.41) is 2.72. The summed E-state index contributed by atoms with van der Waals surface area (Å²) in [5.41, 5.74) is 0.295. The number of rotatable bonds is 7. The lowest BCUT2D eigenvalue weighted by molar-refractivity contribution is -0.274. The van der Waals surface area contributed by atoms with Gasteiger partial charge >= 0.3 is 6.36 Å². The van der Waals surface area contributed by atoms with Crippen LogP contribution in [-0.4, -0.2) is 43.3 Å². The average Bonchev–Trinajstić information content (AvgIpc) is 2.42. The van der Waals surface area contributed by atoms with Gasteiger partial charge in [-0.2, -0.15) is 0 Å². The molecule has 1 N–H and O–H groups in total. The third-order valence-electron chi connectivity index (χ3n) is 2.96. The van der Waals surface area contributed by atoms with Crippen LogP contribution in [0.4, 0.5) is 13.2 Å². The van der Waals surface area contributed by atoms with Gasteiger partial charge in [-0.25, -0.2) is 0 Å². The molecule has 21 heavy (non-hydrogen) atoms. The summed E-state index contributed by atoms with van der Waals surface area (Å²) in [6, 6.07) is 4.83. The molecule has 0 aliphatic heterocycles. The number of amides is 1. The number of halogens is 3. The summed E-state index contributed by atoms with van der Waals surface area (Å²) >= 11 is 0. The third-order valence-corrected chi connectivity index (χ3v) is 2.96. The molecule has 0 aliphatic carbocycles. The second-order valence-electron chi connectivity index (χ2n) is 4.35. The van der Waals surface area contributed by atoms with Crippen molar-refractivity contribution in [2.45, 2.75) is 20.2 Å². The first kappa shape index (κ1) is 17.3. The molecule has 7 heteroatoms. The van der Waals surface area contributed by atoms with Crippen LogP contribution in [0, 0.1) is 0 Å². The molecular weight excluding hydrogens is 285 g/mol. The number of ether oxygens (including phenoxy) is 1. The van der Waals surface area contributed by atoms with Crippen molar-refractivity contribution in [3.8, 4) is 5.75 Å². The van der Waals surface area contributed by atoms with Crippen LogP contribution in [0.15, 0.2) is 24.3 Å². The Morgan fingerprint density at radius 3 is 2.24 bits per heavy atom. The van der Waals surface area contributed by atoms with Crippen LogP contribution in [-0.2, 0) is 0 Å². The summed E-state index contributed by atoms with van der Waals surface area (Å²) < 4.78 is 39.8. The molecule has 1 rings (SSSR count). The molecule has 0 aliphatic rings. The van der Waals surface area contributed by atoms with E-state index in [0.29, 0.717) is 12.1 Å². The van der Waals surface area contributed by atoms with Crippen LogP contribution in [0.3, 0.4) is 0 Å². The number of hydrogen-bond acceptors (Lipinski definition) is 3. The molecule has 118 valence electrons. The van der Waals surface area contributed by atoms with Crippen LogP contribution < -0.4 is 10.1 Å². The first-order chi connectivity index (χ1) is 9.85. The second kappa shape index (κ2) is 7.87. The summed E-state index contributed by atoms with van der Waals surface area (Å²) in [5.74, 6) is -0.664. The number of carbonyl (C=O) groups is 1. The van der Waals surface area contributed by atoms with Crippen LogP contribution in [0.5, 0.6) is 5.75 Å². The van der Waals surface area contributed by atoms with Gasteiger partial charge in [-0.15, -0.1) is 13.2 Å². The van der Waals surface area contributed by atoms with E-state index in [1.54, 1.807) is 0 Å². The molecule has 0 atom stereocenters. The third kappa shape index (κ3) is 6.48. The number of hydrogen-bond donors (Lipinski definition) is 1. The number of nitrogens with zero attached hydrogens (tertiary/aromatic N) is 1. The highest BCUT2D eigenvalue weighted by Gasteiger charge is 2.31. The van der Waals surface area contributed by atoms with Crippen LogP contribution in [0.1, 0.15) is 24.2 Å². The number of alkyl halides is 3. The van der Waals surface area contributed by atoms with Crippen molar-refractivity contribution in [1.29, 1.82) is 0 Å². The van der Waals surface area contributed by atoms with E-state index in [4.69, 9.17) is 0 Å². The average molecular weight is 304 g/mol. The first-order valence-corrected chi connectivity index (χ1v) is 6.72. The van der Waals surface area contributed by atoms with Gasteiger partial charge in [-0.1, -0.05) is 13.8 Å². The monoisotopic (exact) mass is 304 g/mol. The van der Waals surface area contributed by atoms with E-state index in [9.17, 15) is 18.0 Å². The fourth-order valence-electron chi connectivity index (χ4n) is 1.78. The Hall–Kier alpha value is -1.76. The van der Waals surface area contributed by atoms with Gasteiger partial charge in [0, 0.05) is 18.7 Å². The molecule has 0 bridgehead atoms. The lowest BCUT2D eigenvalue weighted by atomic mass is 10.2. The van der Waals surface area contributed by atoms with E-state index in [0.717, 1.165) is 31.8 Å². The quantitative estimate of drug-likeness (QED) is 0.842. The number of carbonyl (C=O) groups excluding carboxylic acids is 1. The van der Waals surface area contributed by atoms with Crippen LogP contribution >= 0.6 is 0 Å². The van der Waals surface area contributed by atoms with Gasteiger partial charge in [0.05, 0.1) is 0 Å². The van der Waals surface area contributed by atoms with Gasteiger partial charge in [0.15, 0.2) is 0 Å². The zero-order valence-corrected chi connectivity index (χ0v) is 12.0. The van der Waals surface area contributed by atoms with Gasteiger partial charge in [0.1, 0.15) is 5.75 Å². The van der Waals surface area contributed by atoms with Gasteiger partial charge < -0.3 is 15.0 Å². The minimum Gasteiger partial charge on any atom is -0.406 e. The van der Waals surface area contributed by atoms with Gasteiger partial charge in [0.2, 0.25) is 0 Å². The smallest absolute Gasteiger partial charge is 0.406 e. The lowest BCUT2D eigenvalue weighted by Gasteiger charge is -2.18. The largest absolute Gasteiger partial charge is 0.573 e. The van der Waals surface area contributed by atoms with Crippen molar-refractivity contribution >= 4 is 5.91 Å². The molecule has 0 aromatic heterocycles. The number of likely N-dealkylation sites (N-methyl/N-ethyl adjacent to an activating group) is 1. The molecule has 0 fully saturated rings. The van der Waals surface area contributed by atoms with Gasteiger partial charge in [0.25, 0.3) is 5.91 Å². The standard InChI is InChI=1S/C14H19F3N2O2/c1-3-19(4-2)10-9-18-13(20)11-5-7-12(8-6-11)21-14(15,16)17/h5-8H,3-4,9-10H2,1-2H3,(H,18,20). The molecule has 1 amide bonds. The van der Waals surface area contributed by atoms with E-state index < -0.39 is 6.36 Å². The highest BCUT2D eigenvalue weighted by Crippen LogP contribution is 2.22. The first-order valence-electron chi connectivity index (χ1n) is 6.72. The molecule has 4 nitrogen and oxygen atoms in total. The number of benzene rings is 1. The minimum atomic E-state index is -4.73. The normalized spacial score (nSPS) is 11.5. The molecular formula is C14H19F3N2O2. The Labute approximate surface area is 121 Å². The molecule has 0 heterocycles. The van der Waals surface area contributed by atoms with E-state index >= 15 is 0 Å². The summed E-state index contributed by atoms with van der Waals surface area (Å²) in [7, 11) is 0. The summed E-state index contributed by atoms with van der Waals surface area (Å²) in [4.78, 5) is 14.0. The molecule has 0 saturated heterocycles. The van der Waals surface area contributed by atoms with Crippen molar-refractivity contribution in [2.75, 3.05) is 26.2 Å². The molecule has 1 aromatic rings. The van der Waals surface area contributed by atoms with E-state index in [2.05, 4.69) is 15.0 Å². The van der Waals surface area contributed by atoms with E-state index in [1.165, 1.54) is 12.1 Å². The zero-order valence-electron chi connectivity index (χ0n) is 12.0.